The quantitative estimate of drug-likeness (QED) is 0.307. The Hall–Kier alpha value is -4.38. The zero-order valence-corrected chi connectivity index (χ0v) is 18.0. The van der Waals surface area contributed by atoms with Crippen LogP contribution in [-0.4, -0.2) is 25.4 Å². The molecule has 0 saturated carbocycles. The first kappa shape index (κ1) is 20.5. The summed E-state index contributed by atoms with van der Waals surface area (Å²) in [6.45, 7) is 1.39. The number of hydrogen-bond acceptors (Lipinski definition) is 8. The molecule has 2 aromatic carbocycles. The van der Waals surface area contributed by atoms with Gasteiger partial charge in [-0.05, 0) is 19.1 Å². The molecular formula is C22H15N5O5S. The summed E-state index contributed by atoms with van der Waals surface area (Å²) in [6.07, 6.45) is 1.31. The standard InChI is InChI=1S/C22H15N5O5S/c1-12-6-7-13(8-16(12)27(30)31)15-10-33-22(24-15)25-18(28)9-26-11-23-19-14-4-2-3-5-17(14)32-20(19)21(26)29/h2-8,10-11H,9H2,1H3,(H,24,25,28). The topological polar surface area (TPSA) is 133 Å². The van der Waals surface area contributed by atoms with Crippen molar-refractivity contribution in [3.05, 3.63) is 80.2 Å². The minimum absolute atomic E-state index is 0.000981. The molecule has 0 unspecified atom stereocenters. The van der Waals surface area contributed by atoms with Crippen molar-refractivity contribution in [3.63, 3.8) is 0 Å². The van der Waals surface area contributed by atoms with Gasteiger partial charge >= 0.3 is 0 Å². The lowest BCUT2D eigenvalue weighted by atomic mass is 10.1. The molecule has 0 radical (unpaired) electrons. The van der Waals surface area contributed by atoms with Crippen molar-refractivity contribution >= 4 is 50.1 Å². The Labute approximate surface area is 189 Å². The molecule has 3 heterocycles. The fourth-order valence-corrected chi connectivity index (χ4v) is 4.21. The average Bonchev–Trinajstić information content (AvgIpc) is 3.41. The smallest absolute Gasteiger partial charge is 0.297 e. The van der Waals surface area contributed by atoms with Gasteiger partial charge < -0.3 is 9.73 Å². The van der Waals surface area contributed by atoms with Crippen LogP contribution in [0.1, 0.15) is 5.56 Å². The summed E-state index contributed by atoms with van der Waals surface area (Å²) in [4.78, 5) is 44.7. The van der Waals surface area contributed by atoms with Crippen molar-refractivity contribution < 1.29 is 14.1 Å². The number of hydrogen-bond donors (Lipinski definition) is 1. The molecule has 0 saturated heterocycles. The summed E-state index contributed by atoms with van der Waals surface area (Å²) in [5.74, 6) is -0.467. The molecular weight excluding hydrogens is 446 g/mol. The number of aryl methyl sites for hydroxylation is 1. The zero-order chi connectivity index (χ0) is 23.1. The van der Waals surface area contributed by atoms with Gasteiger partial charge in [0.25, 0.3) is 11.2 Å². The third-order valence-electron chi connectivity index (χ3n) is 5.12. The van der Waals surface area contributed by atoms with E-state index in [9.17, 15) is 19.7 Å². The first-order valence-corrected chi connectivity index (χ1v) is 10.7. The maximum Gasteiger partial charge on any atom is 0.297 e. The predicted octanol–water partition coefficient (Wildman–Crippen LogP) is 4.12. The van der Waals surface area contributed by atoms with Crippen molar-refractivity contribution in [2.45, 2.75) is 13.5 Å². The van der Waals surface area contributed by atoms with Crippen LogP contribution in [-0.2, 0) is 11.3 Å². The van der Waals surface area contributed by atoms with Crippen LogP contribution < -0.4 is 10.9 Å². The molecule has 0 atom stereocenters. The molecule has 1 N–H and O–H groups in total. The van der Waals surface area contributed by atoms with Crippen LogP contribution in [0.25, 0.3) is 33.3 Å². The Morgan fingerprint density at radius 3 is 2.91 bits per heavy atom. The van der Waals surface area contributed by atoms with Crippen LogP contribution in [0, 0.1) is 17.0 Å². The van der Waals surface area contributed by atoms with Gasteiger partial charge in [-0.2, -0.15) is 0 Å². The number of nitrogens with zero attached hydrogens (tertiary/aromatic N) is 4. The summed E-state index contributed by atoms with van der Waals surface area (Å²) in [6, 6.07) is 12.0. The molecule has 164 valence electrons. The highest BCUT2D eigenvalue weighted by molar-refractivity contribution is 7.14. The maximum absolute atomic E-state index is 12.8. The number of rotatable bonds is 5. The first-order valence-electron chi connectivity index (χ1n) is 9.78. The van der Waals surface area contributed by atoms with Crippen LogP contribution in [0.15, 0.2) is 63.4 Å². The highest BCUT2D eigenvalue weighted by Gasteiger charge is 2.17. The summed E-state index contributed by atoms with van der Waals surface area (Å²) < 4.78 is 6.79. The van der Waals surface area contributed by atoms with Crippen LogP contribution >= 0.6 is 11.3 Å². The number of para-hydroxylation sites is 1. The second-order valence-corrected chi connectivity index (χ2v) is 8.16. The van der Waals surface area contributed by atoms with Gasteiger partial charge in [-0.3, -0.25) is 24.3 Å². The summed E-state index contributed by atoms with van der Waals surface area (Å²) in [5.41, 5.74) is 2.24. The predicted molar refractivity (Wildman–Crippen MR) is 123 cm³/mol. The van der Waals surface area contributed by atoms with E-state index in [2.05, 4.69) is 15.3 Å². The maximum atomic E-state index is 12.8. The molecule has 10 nitrogen and oxygen atoms in total. The fourth-order valence-electron chi connectivity index (χ4n) is 3.47. The van der Waals surface area contributed by atoms with E-state index < -0.39 is 16.4 Å². The van der Waals surface area contributed by atoms with Crippen LogP contribution in [0.4, 0.5) is 10.8 Å². The van der Waals surface area contributed by atoms with Crippen LogP contribution in [0.2, 0.25) is 0 Å². The minimum atomic E-state index is -0.467. The van der Waals surface area contributed by atoms with E-state index in [1.807, 2.05) is 12.1 Å². The second kappa shape index (κ2) is 7.95. The molecule has 11 heteroatoms. The molecule has 0 aliphatic heterocycles. The molecule has 0 aliphatic carbocycles. The number of amides is 1. The molecule has 0 spiro atoms. The SMILES string of the molecule is Cc1ccc(-c2csc(NC(=O)Cn3cnc4c(oc5ccccc54)c3=O)n2)cc1[N+](=O)[O-]. The number of carbonyl (C=O) groups is 1. The van der Waals surface area contributed by atoms with E-state index in [-0.39, 0.29) is 17.8 Å². The number of benzene rings is 2. The van der Waals surface area contributed by atoms with Gasteiger partial charge in [-0.1, -0.05) is 24.3 Å². The highest BCUT2D eigenvalue weighted by atomic mass is 32.1. The monoisotopic (exact) mass is 461 g/mol. The van der Waals surface area contributed by atoms with Gasteiger partial charge in [0.05, 0.1) is 16.9 Å². The van der Waals surface area contributed by atoms with E-state index in [0.29, 0.717) is 33.1 Å². The van der Waals surface area contributed by atoms with Crippen molar-refractivity contribution in [2.75, 3.05) is 5.32 Å². The third kappa shape index (κ3) is 3.74. The lowest BCUT2D eigenvalue weighted by molar-refractivity contribution is -0.385. The number of anilines is 1. The van der Waals surface area contributed by atoms with E-state index in [0.717, 1.165) is 9.95 Å². The Bertz CT molecular complexity index is 1620. The average molecular weight is 461 g/mol. The Morgan fingerprint density at radius 2 is 2.09 bits per heavy atom. The lowest BCUT2D eigenvalue weighted by Crippen LogP contribution is -2.27. The molecule has 0 aliphatic rings. The normalized spacial score (nSPS) is 11.2. The van der Waals surface area contributed by atoms with Crippen LogP contribution in [0.3, 0.4) is 0 Å². The Kier molecular flexibility index (Phi) is 4.94. The Balaban J connectivity index is 1.36. The van der Waals surface area contributed by atoms with Gasteiger partial charge in [-0.25, -0.2) is 9.97 Å². The van der Waals surface area contributed by atoms with Crippen molar-refractivity contribution in [1.29, 1.82) is 0 Å². The fraction of sp³-hybridized carbons (Fsp3) is 0.0909. The molecule has 0 fully saturated rings. The van der Waals surface area contributed by atoms with Crippen molar-refractivity contribution in [2.24, 2.45) is 0 Å². The number of aromatic nitrogens is 3. The lowest BCUT2D eigenvalue weighted by Gasteiger charge is -2.04. The molecule has 5 rings (SSSR count). The number of nitro benzene ring substituents is 1. The zero-order valence-electron chi connectivity index (χ0n) is 17.1. The number of thiazole rings is 1. The third-order valence-corrected chi connectivity index (χ3v) is 5.87. The van der Waals surface area contributed by atoms with Crippen LogP contribution in [0.5, 0.6) is 0 Å². The van der Waals surface area contributed by atoms with Crippen molar-refractivity contribution in [3.8, 4) is 11.3 Å². The van der Waals surface area contributed by atoms with Gasteiger partial charge in [0.2, 0.25) is 11.5 Å². The van der Waals surface area contributed by atoms with Gasteiger partial charge in [-0.15, -0.1) is 11.3 Å². The number of fused-ring (bicyclic) bond motifs is 3. The molecule has 5 aromatic rings. The van der Waals surface area contributed by atoms with Gasteiger partial charge in [0.1, 0.15) is 17.6 Å². The highest BCUT2D eigenvalue weighted by Crippen LogP contribution is 2.29. The van der Waals surface area contributed by atoms with Gasteiger partial charge in [0.15, 0.2) is 5.13 Å². The summed E-state index contributed by atoms with van der Waals surface area (Å²) >= 11 is 1.18. The van der Waals surface area contributed by atoms with E-state index in [4.69, 9.17) is 4.42 Å². The summed E-state index contributed by atoms with van der Waals surface area (Å²) in [5, 5.41) is 16.6. The largest absolute Gasteiger partial charge is 0.448 e. The molecule has 0 bridgehead atoms. The number of nitrogens with one attached hydrogen (secondary N) is 1. The molecule has 33 heavy (non-hydrogen) atoms. The Morgan fingerprint density at radius 1 is 1.27 bits per heavy atom. The molecule has 3 aromatic heterocycles. The van der Waals surface area contributed by atoms with Gasteiger partial charge in [0, 0.05) is 28.0 Å². The minimum Gasteiger partial charge on any atom is -0.448 e. The number of carbonyl (C=O) groups excluding carboxylic acids is 1. The summed E-state index contributed by atoms with van der Waals surface area (Å²) in [7, 11) is 0. The van der Waals surface area contributed by atoms with Crippen molar-refractivity contribution in [1.82, 2.24) is 14.5 Å². The second-order valence-electron chi connectivity index (χ2n) is 7.30. The first-order chi connectivity index (χ1) is 15.9. The number of furan rings is 1. The van der Waals surface area contributed by atoms with E-state index >= 15 is 0 Å². The van der Waals surface area contributed by atoms with E-state index in [1.165, 1.54) is 23.7 Å². The number of nitro groups is 1. The molecule has 1 amide bonds. The van der Waals surface area contributed by atoms with E-state index in [1.54, 1.807) is 36.6 Å².